The standard InChI is InChI=1S/C16H19FN2O2/c1-10(2)19-8-14(18)7-15(19)16(20)21-9-12-4-5-13(17)6-11(12)3/h4-8,10H,9,18H2,1-3H3. The van der Waals surface area contributed by atoms with Gasteiger partial charge in [0, 0.05) is 12.2 Å². The molecule has 0 amide bonds. The van der Waals surface area contributed by atoms with Crippen LogP contribution >= 0.6 is 0 Å². The third-order valence-corrected chi connectivity index (χ3v) is 3.30. The summed E-state index contributed by atoms with van der Waals surface area (Å²) in [6.45, 7) is 5.80. The van der Waals surface area contributed by atoms with E-state index in [0.717, 1.165) is 11.1 Å². The van der Waals surface area contributed by atoms with Gasteiger partial charge in [-0.05, 0) is 50.1 Å². The van der Waals surface area contributed by atoms with Gasteiger partial charge in [0.15, 0.2) is 0 Å². The molecule has 0 bridgehead atoms. The van der Waals surface area contributed by atoms with Crippen LogP contribution in [0.4, 0.5) is 10.1 Å². The van der Waals surface area contributed by atoms with E-state index in [1.54, 1.807) is 29.8 Å². The lowest BCUT2D eigenvalue weighted by Gasteiger charge is -2.12. The molecule has 0 atom stereocenters. The molecule has 4 nitrogen and oxygen atoms in total. The molecule has 112 valence electrons. The van der Waals surface area contributed by atoms with Crippen LogP contribution in [0.2, 0.25) is 0 Å². The highest BCUT2D eigenvalue weighted by atomic mass is 19.1. The Hall–Kier alpha value is -2.30. The minimum atomic E-state index is -0.441. The third-order valence-electron chi connectivity index (χ3n) is 3.30. The van der Waals surface area contributed by atoms with Crippen LogP contribution in [0.1, 0.15) is 41.5 Å². The highest BCUT2D eigenvalue weighted by molar-refractivity contribution is 5.89. The van der Waals surface area contributed by atoms with Gasteiger partial charge in [-0.3, -0.25) is 0 Å². The lowest BCUT2D eigenvalue weighted by Crippen LogP contribution is -2.13. The van der Waals surface area contributed by atoms with E-state index in [9.17, 15) is 9.18 Å². The van der Waals surface area contributed by atoms with Gasteiger partial charge in [0.1, 0.15) is 18.1 Å². The number of nitrogens with two attached hydrogens (primary N) is 1. The van der Waals surface area contributed by atoms with Gasteiger partial charge in [-0.2, -0.15) is 0 Å². The largest absolute Gasteiger partial charge is 0.456 e. The van der Waals surface area contributed by atoms with Crippen molar-refractivity contribution in [1.29, 1.82) is 0 Å². The Bertz CT molecular complexity index is 662. The molecule has 2 rings (SSSR count). The number of rotatable bonds is 4. The zero-order valence-corrected chi connectivity index (χ0v) is 12.4. The summed E-state index contributed by atoms with van der Waals surface area (Å²) in [5.41, 5.74) is 8.20. The minimum Gasteiger partial charge on any atom is -0.456 e. The Morgan fingerprint density at radius 2 is 2.10 bits per heavy atom. The van der Waals surface area contributed by atoms with Gasteiger partial charge in [-0.15, -0.1) is 0 Å². The third kappa shape index (κ3) is 3.42. The van der Waals surface area contributed by atoms with Crippen LogP contribution in [0.5, 0.6) is 0 Å². The second kappa shape index (κ2) is 5.99. The van der Waals surface area contributed by atoms with E-state index in [-0.39, 0.29) is 18.5 Å². The van der Waals surface area contributed by atoms with Crippen molar-refractivity contribution in [3.05, 3.63) is 53.1 Å². The van der Waals surface area contributed by atoms with E-state index in [1.165, 1.54) is 12.1 Å². The molecule has 1 aromatic heterocycles. The Labute approximate surface area is 123 Å². The Kier molecular flexibility index (Phi) is 4.31. The number of carbonyl (C=O) groups is 1. The number of aryl methyl sites for hydroxylation is 1. The Balaban J connectivity index is 2.12. The first-order chi connectivity index (χ1) is 9.88. The summed E-state index contributed by atoms with van der Waals surface area (Å²) in [5, 5.41) is 0. The number of carbonyl (C=O) groups excluding carboxylic acids is 1. The monoisotopic (exact) mass is 290 g/mol. The van der Waals surface area contributed by atoms with Crippen molar-refractivity contribution in [1.82, 2.24) is 4.57 Å². The van der Waals surface area contributed by atoms with E-state index in [2.05, 4.69) is 0 Å². The van der Waals surface area contributed by atoms with E-state index in [0.29, 0.717) is 11.4 Å². The number of ether oxygens (including phenoxy) is 1. The molecule has 0 aliphatic heterocycles. The fourth-order valence-electron chi connectivity index (χ4n) is 2.13. The highest BCUT2D eigenvalue weighted by Crippen LogP contribution is 2.18. The zero-order chi connectivity index (χ0) is 15.6. The summed E-state index contributed by atoms with van der Waals surface area (Å²) < 4.78 is 20.1. The molecule has 0 unspecified atom stereocenters. The lowest BCUT2D eigenvalue weighted by atomic mass is 10.1. The normalized spacial score (nSPS) is 10.9. The Morgan fingerprint density at radius 3 is 2.71 bits per heavy atom. The molecule has 0 spiro atoms. The fourth-order valence-corrected chi connectivity index (χ4v) is 2.13. The van der Waals surface area contributed by atoms with Crippen LogP contribution in [-0.4, -0.2) is 10.5 Å². The first kappa shape index (κ1) is 15.1. The van der Waals surface area contributed by atoms with Gasteiger partial charge in [0.25, 0.3) is 0 Å². The quantitative estimate of drug-likeness (QED) is 0.877. The summed E-state index contributed by atoms with van der Waals surface area (Å²) in [6.07, 6.45) is 1.71. The number of nitrogens with zero attached hydrogens (tertiary/aromatic N) is 1. The molecule has 0 aliphatic rings. The SMILES string of the molecule is Cc1cc(F)ccc1COC(=O)c1cc(N)cn1C(C)C. The number of nitrogen functional groups attached to an aromatic ring is 1. The van der Waals surface area contributed by atoms with E-state index in [1.807, 2.05) is 13.8 Å². The van der Waals surface area contributed by atoms with Crippen LogP contribution in [0, 0.1) is 12.7 Å². The van der Waals surface area contributed by atoms with Crippen LogP contribution in [0.25, 0.3) is 0 Å². The number of benzene rings is 1. The molecular formula is C16H19FN2O2. The maximum Gasteiger partial charge on any atom is 0.355 e. The molecule has 0 saturated carbocycles. The average molecular weight is 290 g/mol. The molecule has 2 N–H and O–H groups in total. The number of hydrogen-bond donors (Lipinski definition) is 1. The Morgan fingerprint density at radius 1 is 1.38 bits per heavy atom. The van der Waals surface area contributed by atoms with Gasteiger partial charge in [-0.25, -0.2) is 9.18 Å². The van der Waals surface area contributed by atoms with Crippen molar-refractivity contribution in [2.75, 3.05) is 5.73 Å². The summed E-state index contributed by atoms with van der Waals surface area (Å²) >= 11 is 0. The highest BCUT2D eigenvalue weighted by Gasteiger charge is 2.16. The van der Waals surface area contributed by atoms with Gasteiger partial charge in [0.2, 0.25) is 0 Å². The predicted octanol–water partition coefficient (Wildman–Crippen LogP) is 3.46. The summed E-state index contributed by atoms with van der Waals surface area (Å²) in [4.78, 5) is 12.2. The summed E-state index contributed by atoms with van der Waals surface area (Å²) in [5.74, 6) is -0.742. The van der Waals surface area contributed by atoms with E-state index >= 15 is 0 Å². The molecule has 1 aromatic carbocycles. The van der Waals surface area contributed by atoms with Crippen LogP contribution in [-0.2, 0) is 11.3 Å². The lowest BCUT2D eigenvalue weighted by molar-refractivity contribution is 0.0457. The maximum absolute atomic E-state index is 13.0. The van der Waals surface area contributed by atoms with Crippen LogP contribution in [0.3, 0.4) is 0 Å². The van der Waals surface area contributed by atoms with Crippen molar-refractivity contribution in [3.63, 3.8) is 0 Å². The van der Waals surface area contributed by atoms with Crippen molar-refractivity contribution in [3.8, 4) is 0 Å². The van der Waals surface area contributed by atoms with Crippen molar-refractivity contribution in [2.45, 2.75) is 33.4 Å². The van der Waals surface area contributed by atoms with Crippen LogP contribution in [0.15, 0.2) is 30.5 Å². The number of hydrogen-bond acceptors (Lipinski definition) is 3. The molecule has 0 saturated heterocycles. The molecule has 0 fully saturated rings. The van der Waals surface area contributed by atoms with Crippen molar-refractivity contribution in [2.24, 2.45) is 0 Å². The molecule has 21 heavy (non-hydrogen) atoms. The topological polar surface area (TPSA) is 57.2 Å². The first-order valence-corrected chi connectivity index (χ1v) is 6.78. The van der Waals surface area contributed by atoms with Gasteiger partial charge < -0.3 is 15.0 Å². The first-order valence-electron chi connectivity index (χ1n) is 6.78. The van der Waals surface area contributed by atoms with E-state index < -0.39 is 5.97 Å². The van der Waals surface area contributed by atoms with E-state index in [4.69, 9.17) is 10.5 Å². The minimum absolute atomic E-state index is 0.105. The van der Waals surface area contributed by atoms with Crippen molar-refractivity contribution < 1.29 is 13.9 Å². The summed E-state index contributed by atoms with van der Waals surface area (Å²) in [7, 11) is 0. The molecular weight excluding hydrogens is 271 g/mol. The second-order valence-electron chi connectivity index (χ2n) is 5.31. The number of anilines is 1. The average Bonchev–Trinajstić information content (AvgIpc) is 2.80. The molecule has 1 heterocycles. The second-order valence-corrected chi connectivity index (χ2v) is 5.31. The molecule has 5 heteroatoms. The smallest absolute Gasteiger partial charge is 0.355 e. The molecule has 0 aliphatic carbocycles. The number of halogens is 1. The van der Waals surface area contributed by atoms with Crippen LogP contribution < -0.4 is 5.73 Å². The maximum atomic E-state index is 13.0. The summed E-state index contributed by atoms with van der Waals surface area (Å²) in [6, 6.07) is 6.09. The molecule has 0 radical (unpaired) electrons. The predicted molar refractivity (Wildman–Crippen MR) is 79.5 cm³/mol. The van der Waals surface area contributed by atoms with Gasteiger partial charge in [0.05, 0.1) is 5.69 Å². The van der Waals surface area contributed by atoms with Gasteiger partial charge >= 0.3 is 5.97 Å². The fraction of sp³-hybridized carbons (Fsp3) is 0.312. The zero-order valence-electron chi connectivity index (χ0n) is 12.4. The van der Waals surface area contributed by atoms with Gasteiger partial charge in [-0.1, -0.05) is 6.07 Å². The number of esters is 1. The number of aromatic nitrogens is 1. The molecule has 2 aromatic rings. The van der Waals surface area contributed by atoms with Crippen molar-refractivity contribution >= 4 is 11.7 Å².